The quantitative estimate of drug-likeness (QED) is 0.542. The fourth-order valence-corrected chi connectivity index (χ4v) is 5.16. The van der Waals surface area contributed by atoms with E-state index >= 15 is 0 Å². The second-order valence-corrected chi connectivity index (χ2v) is 10.1. The van der Waals surface area contributed by atoms with E-state index in [0.717, 1.165) is 70.5 Å². The molecule has 0 radical (unpaired) electrons. The summed E-state index contributed by atoms with van der Waals surface area (Å²) in [5, 5.41) is 3.64. The number of carbonyl (C=O) groups excluding carboxylic acids is 1. The Kier molecular flexibility index (Phi) is 8.02. The van der Waals surface area contributed by atoms with Crippen LogP contribution >= 0.6 is 0 Å². The molecule has 1 amide bonds. The van der Waals surface area contributed by atoms with Gasteiger partial charge in [0, 0.05) is 64.9 Å². The maximum absolute atomic E-state index is 12.7. The average molecular weight is 421 g/mol. The van der Waals surface area contributed by atoms with Gasteiger partial charge in [-0.1, -0.05) is 6.92 Å². The van der Waals surface area contributed by atoms with Crippen molar-refractivity contribution in [2.45, 2.75) is 65.0 Å². The lowest BCUT2D eigenvalue weighted by Crippen LogP contribution is -2.59. The number of nitrogens with one attached hydrogen (secondary N) is 1. The SMILES string of the molecule is CN=C(NCC(C)(C)N1CCCC(C)C1)N1CCN(C(C)C(=O)N2CCCC2)CC1. The van der Waals surface area contributed by atoms with Crippen LogP contribution in [0.4, 0.5) is 0 Å². The van der Waals surface area contributed by atoms with E-state index in [0.29, 0.717) is 5.91 Å². The number of piperidine rings is 1. The van der Waals surface area contributed by atoms with Crippen molar-refractivity contribution < 1.29 is 4.79 Å². The van der Waals surface area contributed by atoms with Crippen LogP contribution in [0.15, 0.2) is 4.99 Å². The summed E-state index contributed by atoms with van der Waals surface area (Å²) in [5.41, 5.74) is 0.114. The van der Waals surface area contributed by atoms with Gasteiger partial charge in [-0.25, -0.2) is 0 Å². The smallest absolute Gasteiger partial charge is 0.239 e. The Balaban J connectivity index is 1.47. The van der Waals surface area contributed by atoms with Crippen LogP contribution < -0.4 is 5.32 Å². The van der Waals surface area contributed by atoms with E-state index < -0.39 is 0 Å². The zero-order valence-electron chi connectivity index (χ0n) is 20.0. The van der Waals surface area contributed by atoms with Gasteiger partial charge in [0.05, 0.1) is 6.04 Å². The van der Waals surface area contributed by atoms with Gasteiger partial charge in [-0.05, 0) is 58.9 Å². The van der Waals surface area contributed by atoms with Crippen molar-refractivity contribution >= 4 is 11.9 Å². The van der Waals surface area contributed by atoms with Gasteiger partial charge < -0.3 is 15.1 Å². The van der Waals surface area contributed by atoms with Crippen molar-refractivity contribution in [1.82, 2.24) is 24.9 Å². The summed E-state index contributed by atoms with van der Waals surface area (Å²) in [6.07, 6.45) is 4.96. The van der Waals surface area contributed by atoms with Crippen LogP contribution in [0.5, 0.6) is 0 Å². The highest BCUT2D eigenvalue weighted by atomic mass is 16.2. The molecule has 0 aromatic rings. The molecule has 3 heterocycles. The summed E-state index contributed by atoms with van der Waals surface area (Å²) in [4.78, 5) is 26.6. The van der Waals surface area contributed by atoms with E-state index in [2.05, 4.69) is 52.7 Å². The lowest BCUT2D eigenvalue weighted by atomic mass is 9.93. The van der Waals surface area contributed by atoms with Crippen molar-refractivity contribution in [2.75, 3.05) is 66.0 Å². The molecule has 2 atom stereocenters. The van der Waals surface area contributed by atoms with Crippen LogP contribution in [-0.4, -0.2) is 109 Å². The third-order valence-corrected chi connectivity index (χ3v) is 7.34. The number of nitrogens with zero attached hydrogens (tertiary/aromatic N) is 5. The summed E-state index contributed by atoms with van der Waals surface area (Å²) in [5.74, 6) is 2.09. The van der Waals surface area contributed by atoms with Crippen LogP contribution in [-0.2, 0) is 4.79 Å². The fraction of sp³-hybridized carbons (Fsp3) is 0.913. The Bertz CT molecular complexity index is 593. The standard InChI is InChI=1S/C23H44N6O/c1-19-9-8-12-29(17-19)23(3,4)18-25-22(24-5)28-15-13-26(14-16-28)20(2)21(30)27-10-6-7-11-27/h19-20H,6-18H2,1-5H3,(H,24,25). The summed E-state index contributed by atoms with van der Waals surface area (Å²) in [7, 11) is 1.88. The average Bonchev–Trinajstić information content (AvgIpc) is 3.28. The van der Waals surface area contributed by atoms with E-state index in [4.69, 9.17) is 0 Å². The third-order valence-electron chi connectivity index (χ3n) is 7.34. The Morgan fingerprint density at radius 1 is 1.03 bits per heavy atom. The monoisotopic (exact) mass is 420 g/mol. The van der Waals surface area contributed by atoms with Crippen molar-refractivity contribution in [1.29, 1.82) is 0 Å². The molecule has 30 heavy (non-hydrogen) atoms. The molecule has 3 fully saturated rings. The van der Waals surface area contributed by atoms with Gasteiger partial charge in [0.15, 0.2) is 5.96 Å². The van der Waals surface area contributed by atoms with Gasteiger partial charge in [0.25, 0.3) is 0 Å². The minimum absolute atomic E-state index is 0.0137. The van der Waals surface area contributed by atoms with Gasteiger partial charge in [-0.2, -0.15) is 0 Å². The number of hydrogen-bond acceptors (Lipinski definition) is 4. The van der Waals surface area contributed by atoms with Gasteiger partial charge in [0.1, 0.15) is 0 Å². The lowest BCUT2D eigenvalue weighted by Gasteiger charge is -2.44. The number of likely N-dealkylation sites (tertiary alicyclic amines) is 2. The van der Waals surface area contributed by atoms with Crippen LogP contribution in [0.3, 0.4) is 0 Å². The lowest BCUT2D eigenvalue weighted by molar-refractivity contribution is -0.135. The largest absolute Gasteiger partial charge is 0.354 e. The van der Waals surface area contributed by atoms with Gasteiger partial charge in [-0.15, -0.1) is 0 Å². The molecule has 3 saturated heterocycles. The predicted octanol–water partition coefficient (Wildman–Crippen LogP) is 1.70. The molecular formula is C23H44N6O. The second kappa shape index (κ2) is 10.3. The van der Waals surface area contributed by atoms with Crippen LogP contribution in [0, 0.1) is 5.92 Å². The van der Waals surface area contributed by atoms with E-state index in [1.807, 2.05) is 11.9 Å². The Morgan fingerprint density at radius 2 is 1.70 bits per heavy atom. The Hall–Kier alpha value is -1.34. The van der Waals surface area contributed by atoms with Gasteiger partial charge in [0.2, 0.25) is 5.91 Å². The van der Waals surface area contributed by atoms with Gasteiger partial charge in [-0.3, -0.25) is 19.6 Å². The summed E-state index contributed by atoms with van der Waals surface area (Å²) in [6.45, 7) is 17.9. The van der Waals surface area contributed by atoms with Gasteiger partial charge >= 0.3 is 0 Å². The maximum atomic E-state index is 12.7. The van der Waals surface area contributed by atoms with E-state index in [1.54, 1.807) is 0 Å². The zero-order chi connectivity index (χ0) is 21.7. The summed E-state index contributed by atoms with van der Waals surface area (Å²) >= 11 is 0. The maximum Gasteiger partial charge on any atom is 0.239 e. The molecule has 3 rings (SSSR count). The van der Waals surface area contributed by atoms with Crippen LogP contribution in [0.25, 0.3) is 0 Å². The normalized spacial score (nSPS) is 26.2. The van der Waals surface area contributed by atoms with Crippen LogP contribution in [0.1, 0.15) is 53.4 Å². The molecule has 7 nitrogen and oxygen atoms in total. The van der Waals surface area contributed by atoms with Crippen LogP contribution in [0.2, 0.25) is 0 Å². The number of guanidine groups is 1. The first-order chi connectivity index (χ1) is 14.3. The Morgan fingerprint density at radius 3 is 2.30 bits per heavy atom. The van der Waals surface area contributed by atoms with Crippen molar-refractivity contribution in [3.8, 4) is 0 Å². The predicted molar refractivity (Wildman–Crippen MR) is 124 cm³/mol. The molecule has 1 N–H and O–H groups in total. The third kappa shape index (κ3) is 5.67. The zero-order valence-corrected chi connectivity index (χ0v) is 20.0. The van der Waals surface area contributed by atoms with Crippen molar-refractivity contribution in [2.24, 2.45) is 10.9 Å². The molecule has 0 saturated carbocycles. The number of piperazine rings is 1. The van der Waals surface area contributed by atoms with E-state index in [-0.39, 0.29) is 11.6 Å². The van der Waals surface area contributed by atoms with Crippen molar-refractivity contribution in [3.05, 3.63) is 0 Å². The second-order valence-electron chi connectivity index (χ2n) is 10.1. The number of aliphatic imine (C=N–C) groups is 1. The van der Waals surface area contributed by atoms with Crippen molar-refractivity contribution in [3.63, 3.8) is 0 Å². The molecule has 2 unspecified atom stereocenters. The molecule has 0 aromatic heterocycles. The minimum Gasteiger partial charge on any atom is -0.354 e. The molecule has 0 aromatic carbocycles. The number of amides is 1. The summed E-state index contributed by atoms with van der Waals surface area (Å²) < 4.78 is 0. The first-order valence-electron chi connectivity index (χ1n) is 12.1. The number of carbonyl (C=O) groups is 1. The molecule has 0 spiro atoms. The highest BCUT2D eigenvalue weighted by Crippen LogP contribution is 2.23. The Labute approximate surface area is 183 Å². The highest BCUT2D eigenvalue weighted by molar-refractivity contribution is 5.82. The number of rotatable bonds is 5. The highest BCUT2D eigenvalue weighted by Gasteiger charge is 2.32. The molecule has 172 valence electrons. The van der Waals surface area contributed by atoms with E-state index in [9.17, 15) is 4.79 Å². The molecule has 7 heteroatoms. The topological polar surface area (TPSA) is 54.4 Å². The molecular weight excluding hydrogens is 376 g/mol. The fourth-order valence-electron chi connectivity index (χ4n) is 5.16. The first-order valence-corrected chi connectivity index (χ1v) is 12.1. The number of hydrogen-bond donors (Lipinski definition) is 1. The summed E-state index contributed by atoms with van der Waals surface area (Å²) in [6, 6.07) is -0.0137. The van der Waals surface area contributed by atoms with E-state index in [1.165, 1.54) is 25.9 Å². The molecule has 3 aliphatic heterocycles. The molecule has 0 bridgehead atoms. The first kappa shape index (κ1) is 23.3. The minimum atomic E-state index is -0.0137. The molecule has 3 aliphatic rings. The molecule has 0 aliphatic carbocycles.